The number of ether oxygens (including phenoxy) is 1. The Morgan fingerprint density at radius 1 is 1.24 bits per heavy atom. The first-order valence-electron chi connectivity index (χ1n) is 6.77. The molecule has 1 aliphatic heterocycles. The molecule has 2 aromatic rings. The molecule has 1 aliphatic rings. The molecule has 1 saturated heterocycles. The van der Waals surface area contributed by atoms with E-state index in [0.29, 0.717) is 12.3 Å². The number of carbonyl (C=O) groups excluding carboxylic acids is 1. The van der Waals surface area contributed by atoms with Crippen molar-refractivity contribution >= 4 is 29.0 Å². The van der Waals surface area contributed by atoms with Gasteiger partial charge in [-0.3, -0.25) is 4.79 Å². The van der Waals surface area contributed by atoms with Crippen molar-refractivity contribution in [1.29, 1.82) is 0 Å². The Balaban J connectivity index is 1.79. The van der Waals surface area contributed by atoms with Crippen molar-refractivity contribution in [2.24, 2.45) is 0 Å². The lowest BCUT2D eigenvalue weighted by Gasteiger charge is -2.23. The molecule has 1 amide bonds. The fourth-order valence-corrected chi connectivity index (χ4v) is 4.68. The predicted octanol–water partition coefficient (Wildman–Crippen LogP) is 3.84. The zero-order valence-electron chi connectivity index (χ0n) is 12.0. The molecule has 5 heteroatoms. The Morgan fingerprint density at radius 2 is 2.00 bits per heavy atom. The number of thioether (sulfide) groups is 1. The number of benzene rings is 1. The number of aryl methyl sites for hydroxylation is 1. The maximum absolute atomic E-state index is 12.2. The van der Waals surface area contributed by atoms with Gasteiger partial charge in [-0.1, -0.05) is 12.1 Å². The van der Waals surface area contributed by atoms with Crippen LogP contribution in [0, 0.1) is 6.92 Å². The quantitative estimate of drug-likeness (QED) is 0.857. The van der Waals surface area contributed by atoms with Crippen molar-refractivity contribution in [2.75, 3.05) is 12.9 Å². The Kier molecular flexibility index (Phi) is 4.22. The molecule has 1 aromatic heterocycles. The van der Waals surface area contributed by atoms with E-state index in [1.165, 1.54) is 9.75 Å². The summed E-state index contributed by atoms with van der Waals surface area (Å²) in [4.78, 5) is 16.7. The van der Waals surface area contributed by atoms with Gasteiger partial charge < -0.3 is 9.64 Å². The van der Waals surface area contributed by atoms with E-state index in [1.54, 1.807) is 30.2 Å². The molecule has 3 nitrogen and oxygen atoms in total. The third kappa shape index (κ3) is 3.09. The smallest absolute Gasteiger partial charge is 0.234 e. The molecule has 1 atom stereocenters. The van der Waals surface area contributed by atoms with Crippen LogP contribution in [0.5, 0.6) is 5.75 Å². The van der Waals surface area contributed by atoms with Gasteiger partial charge >= 0.3 is 0 Å². The van der Waals surface area contributed by atoms with Crippen LogP contribution in [-0.2, 0) is 11.3 Å². The zero-order chi connectivity index (χ0) is 14.8. The maximum atomic E-state index is 12.2. The highest BCUT2D eigenvalue weighted by molar-refractivity contribution is 8.00. The zero-order valence-corrected chi connectivity index (χ0v) is 13.7. The summed E-state index contributed by atoms with van der Waals surface area (Å²) in [5.74, 6) is 1.62. The fourth-order valence-electron chi connectivity index (χ4n) is 2.37. The van der Waals surface area contributed by atoms with Gasteiger partial charge in [-0.15, -0.1) is 23.1 Å². The SMILES string of the molecule is COc1ccc(CN2C(=O)CSC2c2ccc(C)s2)cc1. The number of thiophene rings is 1. The van der Waals surface area contributed by atoms with Crippen LogP contribution in [0.3, 0.4) is 0 Å². The van der Waals surface area contributed by atoms with E-state index in [1.807, 2.05) is 29.2 Å². The minimum atomic E-state index is 0.151. The molecule has 1 unspecified atom stereocenters. The summed E-state index contributed by atoms with van der Waals surface area (Å²) < 4.78 is 5.17. The molecule has 0 spiro atoms. The van der Waals surface area contributed by atoms with Gasteiger partial charge in [-0.25, -0.2) is 0 Å². The summed E-state index contributed by atoms with van der Waals surface area (Å²) in [6, 6.07) is 12.2. The summed E-state index contributed by atoms with van der Waals surface area (Å²) in [5.41, 5.74) is 1.13. The van der Waals surface area contributed by atoms with Crippen molar-refractivity contribution in [1.82, 2.24) is 4.90 Å². The van der Waals surface area contributed by atoms with Gasteiger partial charge in [0, 0.05) is 16.3 Å². The molecule has 2 heterocycles. The van der Waals surface area contributed by atoms with E-state index in [-0.39, 0.29) is 11.3 Å². The van der Waals surface area contributed by atoms with E-state index >= 15 is 0 Å². The second-order valence-electron chi connectivity index (χ2n) is 4.98. The van der Waals surface area contributed by atoms with Gasteiger partial charge in [0.15, 0.2) is 0 Å². The van der Waals surface area contributed by atoms with Crippen molar-refractivity contribution in [3.05, 3.63) is 51.7 Å². The first-order chi connectivity index (χ1) is 10.2. The van der Waals surface area contributed by atoms with E-state index in [0.717, 1.165) is 11.3 Å². The first-order valence-corrected chi connectivity index (χ1v) is 8.64. The summed E-state index contributed by atoms with van der Waals surface area (Å²) in [5, 5.41) is 0.151. The molecule has 0 radical (unpaired) electrons. The van der Waals surface area contributed by atoms with Gasteiger partial charge in [-0.2, -0.15) is 0 Å². The summed E-state index contributed by atoms with van der Waals surface area (Å²) in [7, 11) is 1.66. The fraction of sp³-hybridized carbons (Fsp3) is 0.312. The summed E-state index contributed by atoms with van der Waals surface area (Å²) in [6.45, 7) is 2.75. The second kappa shape index (κ2) is 6.12. The molecule has 0 N–H and O–H groups in total. The van der Waals surface area contributed by atoms with E-state index < -0.39 is 0 Å². The standard InChI is InChI=1S/C16H17NO2S2/c1-11-3-8-14(21-11)16-17(15(18)10-20-16)9-12-4-6-13(19-2)7-5-12/h3-8,16H,9-10H2,1-2H3. The topological polar surface area (TPSA) is 29.5 Å². The highest BCUT2D eigenvalue weighted by Crippen LogP contribution is 2.42. The monoisotopic (exact) mass is 319 g/mol. The maximum Gasteiger partial charge on any atom is 0.234 e. The highest BCUT2D eigenvalue weighted by atomic mass is 32.2. The van der Waals surface area contributed by atoms with Crippen LogP contribution in [-0.4, -0.2) is 23.7 Å². The molecule has 0 aliphatic carbocycles. The summed E-state index contributed by atoms with van der Waals surface area (Å²) >= 11 is 3.49. The van der Waals surface area contributed by atoms with Gasteiger partial charge in [0.1, 0.15) is 11.1 Å². The average Bonchev–Trinajstić information content (AvgIpc) is 3.07. The van der Waals surface area contributed by atoms with Gasteiger partial charge in [0.05, 0.1) is 12.9 Å². The van der Waals surface area contributed by atoms with Crippen molar-refractivity contribution in [3.63, 3.8) is 0 Å². The van der Waals surface area contributed by atoms with Crippen LogP contribution in [0.15, 0.2) is 36.4 Å². The van der Waals surface area contributed by atoms with Crippen LogP contribution >= 0.6 is 23.1 Å². The van der Waals surface area contributed by atoms with Crippen LogP contribution in [0.1, 0.15) is 20.7 Å². The average molecular weight is 319 g/mol. The Bertz CT molecular complexity index is 636. The minimum absolute atomic E-state index is 0.151. The predicted molar refractivity (Wildman–Crippen MR) is 87.8 cm³/mol. The lowest BCUT2D eigenvalue weighted by Crippen LogP contribution is -2.27. The number of hydrogen-bond acceptors (Lipinski definition) is 4. The number of rotatable bonds is 4. The Labute approximate surface area is 132 Å². The summed E-state index contributed by atoms with van der Waals surface area (Å²) in [6.07, 6.45) is 0. The van der Waals surface area contributed by atoms with Crippen molar-refractivity contribution in [2.45, 2.75) is 18.8 Å². The molecule has 0 saturated carbocycles. The third-order valence-electron chi connectivity index (χ3n) is 3.48. The molecule has 0 bridgehead atoms. The lowest BCUT2D eigenvalue weighted by atomic mass is 10.2. The Hall–Kier alpha value is -1.46. The molecular weight excluding hydrogens is 302 g/mol. The number of methoxy groups -OCH3 is 1. The molecule has 3 rings (SSSR count). The van der Waals surface area contributed by atoms with Gasteiger partial charge in [-0.05, 0) is 36.8 Å². The van der Waals surface area contributed by atoms with E-state index in [9.17, 15) is 4.79 Å². The van der Waals surface area contributed by atoms with Crippen LogP contribution in [0.2, 0.25) is 0 Å². The molecular formula is C16H17NO2S2. The van der Waals surface area contributed by atoms with E-state index in [4.69, 9.17) is 4.74 Å². The normalized spacial score (nSPS) is 18.3. The second-order valence-corrected chi connectivity index (χ2v) is 7.37. The number of amides is 1. The molecule has 1 fully saturated rings. The van der Waals surface area contributed by atoms with E-state index in [2.05, 4.69) is 19.1 Å². The number of carbonyl (C=O) groups is 1. The molecule has 110 valence electrons. The van der Waals surface area contributed by atoms with Crippen molar-refractivity contribution < 1.29 is 9.53 Å². The largest absolute Gasteiger partial charge is 0.497 e. The van der Waals surface area contributed by atoms with Gasteiger partial charge in [0.2, 0.25) is 5.91 Å². The van der Waals surface area contributed by atoms with Crippen LogP contribution < -0.4 is 4.74 Å². The van der Waals surface area contributed by atoms with Gasteiger partial charge in [0.25, 0.3) is 0 Å². The molecule has 1 aromatic carbocycles. The van der Waals surface area contributed by atoms with Crippen molar-refractivity contribution in [3.8, 4) is 5.75 Å². The lowest BCUT2D eigenvalue weighted by molar-refractivity contribution is -0.128. The minimum Gasteiger partial charge on any atom is -0.497 e. The highest BCUT2D eigenvalue weighted by Gasteiger charge is 2.33. The number of hydrogen-bond donors (Lipinski definition) is 0. The van der Waals surface area contributed by atoms with Crippen LogP contribution in [0.25, 0.3) is 0 Å². The Morgan fingerprint density at radius 3 is 2.62 bits per heavy atom. The third-order valence-corrected chi connectivity index (χ3v) is 5.92. The molecule has 21 heavy (non-hydrogen) atoms. The first kappa shape index (κ1) is 14.5. The van der Waals surface area contributed by atoms with Crippen LogP contribution in [0.4, 0.5) is 0 Å². The number of nitrogens with zero attached hydrogens (tertiary/aromatic N) is 1.